The van der Waals surface area contributed by atoms with E-state index in [1.165, 1.54) is 11.0 Å². The number of carboxylic acids is 1. The molecule has 0 bridgehead atoms. The Kier molecular flexibility index (Phi) is 3.53. The first-order chi connectivity index (χ1) is 7.68. The fraction of sp³-hybridized carbons (Fsp3) is 0.636. The number of nitriles is 1. The fourth-order valence-electron chi connectivity index (χ4n) is 1.81. The summed E-state index contributed by atoms with van der Waals surface area (Å²) in [6, 6.07) is 1.55. The number of hydrogen-bond acceptors (Lipinski definition) is 3. The quantitative estimate of drug-likeness (QED) is 0.605. The summed E-state index contributed by atoms with van der Waals surface area (Å²) in [5.41, 5.74) is -1.30. The third-order valence-corrected chi connectivity index (χ3v) is 2.83. The highest BCUT2D eigenvalue weighted by Gasteiger charge is 2.43. The molecule has 6 heteroatoms. The van der Waals surface area contributed by atoms with Crippen LogP contribution in [-0.2, 0) is 4.79 Å². The van der Waals surface area contributed by atoms with Crippen LogP contribution in [0.5, 0.6) is 0 Å². The van der Waals surface area contributed by atoms with Crippen LogP contribution in [-0.4, -0.2) is 40.5 Å². The largest absolute Gasteiger partial charge is 0.477 e. The Morgan fingerprint density at radius 1 is 1.59 bits per heavy atom. The van der Waals surface area contributed by atoms with Crippen molar-refractivity contribution in [3.8, 4) is 6.07 Å². The number of rotatable bonds is 3. The van der Waals surface area contributed by atoms with Gasteiger partial charge in [-0.2, -0.15) is 5.26 Å². The summed E-state index contributed by atoms with van der Waals surface area (Å²) < 4.78 is 26.1. The van der Waals surface area contributed by atoms with Gasteiger partial charge in [-0.25, -0.2) is 13.6 Å². The minimum Gasteiger partial charge on any atom is -0.477 e. The molecule has 0 unspecified atom stereocenters. The molecule has 0 radical (unpaired) electrons. The second-order valence-corrected chi connectivity index (χ2v) is 4.66. The van der Waals surface area contributed by atoms with Crippen molar-refractivity contribution in [3.63, 3.8) is 0 Å². The summed E-state index contributed by atoms with van der Waals surface area (Å²) in [5, 5.41) is 17.4. The number of halogens is 2. The van der Waals surface area contributed by atoms with Gasteiger partial charge in [-0.15, -0.1) is 0 Å². The number of hydrogen-bond donors (Lipinski definition) is 1. The lowest BCUT2D eigenvalue weighted by Gasteiger charge is -2.32. The molecule has 0 saturated carbocycles. The van der Waals surface area contributed by atoms with Crippen LogP contribution in [0.15, 0.2) is 11.6 Å². The maximum Gasteiger partial charge on any atom is 0.346 e. The summed E-state index contributed by atoms with van der Waals surface area (Å²) in [5.74, 6) is -4.08. The van der Waals surface area contributed by atoms with E-state index >= 15 is 0 Å². The minimum absolute atomic E-state index is 0.189. The lowest BCUT2D eigenvalue weighted by molar-refractivity contribution is -0.132. The third kappa shape index (κ3) is 3.24. The van der Waals surface area contributed by atoms with E-state index in [1.807, 2.05) is 0 Å². The van der Waals surface area contributed by atoms with Crippen molar-refractivity contribution in [1.29, 1.82) is 5.26 Å². The fourth-order valence-corrected chi connectivity index (χ4v) is 1.81. The maximum absolute atomic E-state index is 13.1. The molecule has 0 aromatic carbocycles. The zero-order chi connectivity index (χ0) is 13.3. The van der Waals surface area contributed by atoms with Gasteiger partial charge in [0.25, 0.3) is 5.92 Å². The van der Waals surface area contributed by atoms with E-state index in [1.54, 1.807) is 19.9 Å². The molecule has 17 heavy (non-hydrogen) atoms. The average Bonchev–Trinajstić information content (AvgIpc) is 2.55. The molecule has 0 aliphatic carbocycles. The van der Waals surface area contributed by atoms with Gasteiger partial charge in [-0.3, -0.25) is 4.90 Å². The molecule has 1 rings (SSSR count). The van der Waals surface area contributed by atoms with Gasteiger partial charge in [-0.1, -0.05) is 0 Å². The first-order valence-corrected chi connectivity index (χ1v) is 5.17. The molecule has 1 heterocycles. The number of alkyl halides is 2. The van der Waals surface area contributed by atoms with E-state index in [0.717, 1.165) is 0 Å². The Morgan fingerprint density at radius 3 is 2.53 bits per heavy atom. The molecule has 0 atom stereocenters. The van der Waals surface area contributed by atoms with Crippen molar-refractivity contribution in [2.75, 3.05) is 13.1 Å². The Hall–Kier alpha value is -1.48. The number of aliphatic carboxylic acids is 1. The standard InChI is InChI=1S/C11H14F2N2O2/c1-10(2,5-8(6-14)9(16)17)15-4-3-11(12,13)7-15/h5H,3-4,7H2,1-2H3,(H,16,17)/b8-5+. The molecular weight excluding hydrogens is 230 g/mol. The van der Waals surface area contributed by atoms with Crippen LogP contribution in [0.3, 0.4) is 0 Å². The molecule has 0 aromatic heterocycles. The van der Waals surface area contributed by atoms with Crippen LogP contribution in [0.4, 0.5) is 8.78 Å². The van der Waals surface area contributed by atoms with Crippen LogP contribution in [0.1, 0.15) is 20.3 Å². The average molecular weight is 244 g/mol. The molecular formula is C11H14F2N2O2. The molecule has 1 fully saturated rings. The van der Waals surface area contributed by atoms with Gasteiger partial charge in [0.15, 0.2) is 0 Å². The third-order valence-electron chi connectivity index (χ3n) is 2.83. The zero-order valence-corrected chi connectivity index (χ0v) is 9.70. The van der Waals surface area contributed by atoms with Gasteiger partial charge >= 0.3 is 5.97 Å². The molecule has 0 amide bonds. The van der Waals surface area contributed by atoms with E-state index in [0.29, 0.717) is 0 Å². The van der Waals surface area contributed by atoms with E-state index in [9.17, 15) is 13.6 Å². The Morgan fingerprint density at radius 2 is 2.18 bits per heavy atom. The smallest absolute Gasteiger partial charge is 0.346 e. The van der Waals surface area contributed by atoms with Crippen LogP contribution in [0.2, 0.25) is 0 Å². The maximum atomic E-state index is 13.1. The highest BCUT2D eigenvalue weighted by Crippen LogP contribution is 2.32. The van der Waals surface area contributed by atoms with Gasteiger partial charge < -0.3 is 5.11 Å². The normalized spacial score (nSPS) is 21.2. The number of carbonyl (C=O) groups is 1. The highest BCUT2D eigenvalue weighted by atomic mass is 19.3. The molecule has 1 aliphatic heterocycles. The van der Waals surface area contributed by atoms with Gasteiger partial charge in [0.05, 0.1) is 6.54 Å². The highest BCUT2D eigenvalue weighted by molar-refractivity contribution is 5.91. The zero-order valence-electron chi connectivity index (χ0n) is 9.70. The van der Waals surface area contributed by atoms with Gasteiger partial charge in [0, 0.05) is 18.5 Å². The number of nitrogens with zero attached hydrogens (tertiary/aromatic N) is 2. The molecule has 0 aromatic rings. The Bertz CT molecular complexity index is 397. The summed E-state index contributed by atoms with van der Waals surface area (Å²) in [7, 11) is 0. The number of likely N-dealkylation sites (tertiary alicyclic amines) is 1. The van der Waals surface area contributed by atoms with Gasteiger partial charge in [0.2, 0.25) is 0 Å². The number of carboxylic acid groups (broad SMARTS) is 1. The minimum atomic E-state index is -2.73. The predicted molar refractivity (Wildman–Crippen MR) is 56.5 cm³/mol. The summed E-state index contributed by atoms with van der Waals surface area (Å²) in [4.78, 5) is 12.2. The van der Waals surface area contributed by atoms with Crippen LogP contribution < -0.4 is 0 Å². The van der Waals surface area contributed by atoms with Crippen molar-refractivity contribution in [1.82, 2.24) is 4.90 Å². The van der Waals surface area contributed by atoms with Crippen molar-refractivity contribution in [2.45, 2.75) is 31.7 Å². The van der Waals surface area contributed by atoms with Crippen LogP contribution >= 0.6 is 0 Å². The molecule has 1 saturated heterocycles. The molecule has 0 spiro atoms. The van der Waals surface area contributed by atoms with Crippen LogP contribution in [0, 0.1) is 11.3 Å². The molecule has 1 aliphatic rings. The molecule has 4 nitrogen and oxygen atoms in total. The molecule has 1 N–H and O–H groups in total. The van der Waals surface area contributed by atoms with Crippen molar-refractivity contribution in [3.05, 3.63) is 11.6 Å². The van der Waals surface area contributed by atoms with Crippen molar-refractivity contribution < 1.29 is 18.7 Å². The summed E-state index contributed by atoms with van der Waals surface area (Å²) in [6.07, 6.45) is 0.982. The lowest BCUT2D eigenvalue weighted by Crippen LogP contribution is -2.42. The summed E-state index contributed by atoms with van der Waals surface area (Å²) >= 11 is 0. The SMILES string of the molecule is CC(C)(/C=C(\C#N)C(=O)O)N1CCC(F)(F)C1. The first kappa shape index (κ1) is 13.6. The second kappa shape index (κ2) is 4.41. The van der Waals surface area contributed by atoms with Crippen molar-refractivity contribution >= 4 is 5.97 Å². The predicted octanol–water partition coefficient (Wildman–Crippen LogP) is 1.64. The molecule has 94 valence electrons. The topological polar surface area (TPSA) is 64.3 Å². The van der Waals surface area contributed by atoms with E-state index in [4.69, 9.17) is 10.4 Å². The van der Waals surface area contributed by atoms with Crippen LogP contribution in [0.25, 0.3) is 0 Å². The van der Waals surface area contributed by atoms with E-state index < -0.39 is 29.5 Å². The van der Waals surface area contributed by atoms with E-state index in [-0.39, 0.29) is 13.0 Å². The lowest BCUT2D eigenvalue weighted by atomic mass is 9.99. The van der Waals surface area contributed by atoms with E-state index in [2.05, 4.69) is 0 Å². The summed E-state index contributed by atoms with van der Waals surface area (Å²) in [6.45, 7) is 3.02. The van der Waals surface area contributed by atoms with Crippen molar-refractivity contribution in [2.24, 2.45) is 0 Å². The Balaban J connectivity index is 2.90. The van der Waals surface area contributed by atoms with Gasteiger partial charge in [0.1, 0.15) is 11.6 Å². The first-order valence-electron chi connectivity index (χ1n) is 5.17. The monoisotopic (exact) mass is 244 g/mol. The Labute approximate surface area is 98.1 Å². The second-order valence-electron chi connectivity index (χ2n) is 4.66. The van der Waals surface area contributed by atoms with Gasteiger partial charge in [-0.05, 0) is 19.9 Å².